The first kappa shape index (κ1) is 23.4. The Kier molecular flexibility index (Phi) is 6.87. The molecule has 0 saturated carbocycles. The van der Waals surface area contributed by atoms with Gasteiger partial charge in [0, 0.05) is 5.69 Å². The molecule has 0 fully saturated rings. The Morgan fingerprint density at radius 3 is 2.21 bits per heavy atom. The molecule has 0 aliphatic carbocycles. The van der Waals surface area contributed by atoms with Gasteiger partial charge in [0.05, 0.1) is 25.0 Å². The van der Waals surface area contributed by atoms with E-state index in [0.29, 0.717) is 35.3 Å². The average Bonchev–Trinajstić information content (AvgIpc) is 3.41. The van der Waals surface area contributed by atoms with Crippen LogP contribution in [0.4, 0.5) is 5.69 Å². The molecule has 1 aliphatic rings. The van der Waals surface area contributed by atoms with Gasteiger partial charge in [-0.3, -0.25) is 14.5 Å². The summed E-state index contributed by atoms with van der Waals surface area (Å²) in [6, 6.07) is 18.7. The summed E-state index contributed by atoms with van der Waals surface area (Å²) >= 11 is 0. The molecule has 2 amide bonds. The summed E-state index contributed by atoms with van der Waals surface area (Å²) in [5.74, 6) is 1.33. The lowest BCUT2D eigenvalue weighted by atomic mass is 10.0. The highest BCUT2D eigenvalue weighted by atomic mass is 16.5. The molecule has 0 bridgehead atoms. The van der Waals surface area contributed by atoms with Crippen molar-refractivity contribution in [3.63, 3.8) is 0 Å². The molecule has 0 spiro atoms. The lowest BCUT2D eigenvalue weighted by Crippen LogP contribution is -2.31. The minimum atomic E-state index is -0.385. The Balaban J connectivity index is 1.66. The topological polar surface area (TPSA) is 71.8 Å². The summed E-state index contributed by atoms with van der Waals surface area (Å²) in [7, 11) is 0. The number of hydrogen-bond donors (Lipinski definition) is 1. The average molecular weight is 459 g/mol. The number of ether oxygens (including phenoxy) is 1. The van der Waals surface area contributed by atoms with Gasteiger partial charge in [-0.05, 0) is 59.4 Å². The first-order valence-corrected chi connectivity index (χ1v) is 11.6. The van der Waals surface area contributed by atoms with Crippen molar-refractivity contribution in [3.8, 4) is 5.75 Å². The highest BCUT2D eigenvalue weighted by molar-refractivity contribution is 6.36. The first-order chi connectivity index (χ1) is 16.3. The fourth-order valence-electron chi connectivity index (χ4n) is 3.74. The van der Waals surface area contributed by atoms with Crippen LogP contribution in [-0.4, -0.2) is 23.3 Å². The van der Waals surface area contributed by atoms with Gasteiger partial charge in [-0.25, -0.2) is 0 Å². The lowest BCUT2D eigenvalue weighted by molar-refractivity contribution is -0.137. The van der Waals surface area contributed by atoms with E-state index in [1.807, 2.05) is 48.5 Å². The van der Waals surface area contributed by atoms with Crippen LogP contribution in [0.5, 0.6) is 5.75 Å². The van der Waals surface area contributed by atoms with Crippen molar-refractivity contribution in [2.75, 3.05) is 11.9 Å². The second kappa shape index (κ2) is 10.00. The van der Waals surface area contributed by atoms with Gasteiger partial charge in [0.15, 0.2) is 0 Å². The summed E-state index contributed by atoms with van der Waals surface area (Å²) in [6.07, 6.45) is 1.53. The van der Waals surface area contributed by atoms with Crippen LogP contribution in [0.1, 0.15) is 50.5 Å². The largest absolute Gasteiger partial charge is 0.493 e. The van der Waals surface area contributed by atoms with Gasteiger partial charge in [0.2, 0.25) is 0 Å². The molecular weight excluding hydrogens is 428 g/mol. The van der Waals surface area contributed by atoms with Crippen molar-refractivity contribution in [1.82, 2.24) is 4.90 Å². The molecule has 6 heteroatoms. The molecule has 4 rings (SSSR count). The van der Waals surface area contributed by atoms with Crippen molar-refractivity contribution >= 4 is 23.1 Å². The molecule has 0 atom stereocenters. The highest BCUT2D eigenvalue weighted by Crippen LogP contribution is 2.32. The molecule has 0 saturated heterocycles. The number of carbonyl (C=O) groups is 2. The minimum Gasteiger partial charge on any atom is -0.493 e. The molecule has 1 aliphatic heterocycles. The van der Waals surface area contributed by atoms with Crippen LogP contribution in [-0.2, 0) is 16.1 Å². The van der Waals surface area contributed by atoms with Crippen molar-refractivity contribution in [1.29, 1.82) is 0 Å². The fraction of sp³-hybridized carbons (Fsp3) is 0.286. The highest BCUT2D eigenvalue weighted by Gasteiger charge is 2.39. The Morgan fingerprint density at radius 2 is 1.62 bits per heavy atom. The number of benzene rings is 2. The van der Waals surface area contributed by atoms with Gasteiger partial charge in [-0.2, -0.15) is 0 Å². The second-order valence-electron chi connectivity index (χ2n) is 9.16. The minimum absolute atomic E-state index is 0.0707. The third-order valence-corrected chi connectivity index (χ3v) is 5.64. The Bertz CT molecular complexity index is 1170. The zero-order valence-electron chi connectivity index (χ0n) is 20.0. The predicted octanol–water partition coefficient (Wildman–Crippen LogP) is 5.83. The van der Waals surface area contributed by atoms with E-state index in [-0.39, 0.29) is 24.1 Å². The molecular formula is C28H30N2O4. The summed E-state index contributed by atoms with van der Waals surface area (Å²) in [5, 5.41) is 3.21. The van der Waals surface area contributed by atoms with E-state index in [4.69, 9.17) is 9.15 Å². The van der Waals surface area contributed by atoms with Gasteiger partial charge in [0.1, 0.15) is 17.2 Å². The number of imide groups is 1. The maximum Gasteiger partial charge on any atom is 0.278 e. The maximum absolute atomic E-state index is 13.4. The molecule has 2 aromatic carbocycles. The SMILES string of the molecule is CC(C)COc1ccc(C2=C(Nc3ccc(C(C)C)cc3)C(=O)N(Cc3ccco3)C2=O)cc1. The van der Waals surface area contributed by atoms with Crippen LogP contribution < -0.4 is 10.1 Å². The standard InChI is InChI=1S/C28H30N2O4/c1-18(2)17-34-23-13-9-21(10-14-23)25-26(29-22-11-7-20(8-12-22)19(3)4)28(32)30(27(25)31)16-24-6-5-15-33-24/h5-15,18-19,29H,16-17H2,1-4H3. The van der Waals surface area contributed by atoms with E-state index >= 15 is 0 Å². The van der Waals surface area contributed by atoms with Crippen LogP contribution in [0.2, 0.25) is 0 Å². The van der Waals surface area contributed by atoms with Crippen molar-refractivity contribution in [2.45, 2.75) is 40.2 Å². The van der Waals surface area contributed by atoms with Crippen molar-refractivity contribution in [3.05, 3.63) is 89.5 Å². The number of anilines is 1. The van der Waals surface area contributed by atoms with E-state index in [0.717, 1.165) is 11.4 Å². The third-order valence-electron chi connectivity index (χ3n) is 5.64. The van der Waals surface area contributed by atoms with Crippen LogP contribution in [0.25, 0.3) is 5.57 Å². The second-order valence-corrected chi connectivity index (χ2v) is 9.16. The van der Waals surface area contributed by atoms with Crippen molar-refractivity contribution < 1.29 is 18.7 Å². The van der Waals surface area contributed by atoms with E-state index < -0.39 is 0 Å². The van der Waals surface area contributed by atoms with Crippen molar-refractivity contribution in [2.24, 2.45) is 5.92 Å². The zero-order chi connectivity index (χ0) is 24.2. The van der Waals surface area contributed by atoms with Gasteiger partial charge in [-0.15, -0.1) is 0 Å². The molecule has 1 N–H and O–H groups in total. The number of furan rings is 1. The van der Waals surface area contributed by atoms with Crippen LogP contribution in [0.15, 0.2) is 77.0 Å². The van der Waals surface area contributed by atoms with E-state index in [1.165, 1.54) is 16.7 Å². The summed E-state index contributed by atoms with van der Waals surface area (Å²) in [5.41, 5.74) is 3.18. The fourth-order valence-corrected chi connectivity index (χ4v) is 3.74. The Hall–Kier alpha value is -3.80. The predicted molar refractivity (Wildman–Crippen MR) is 132 cm³/mol. The van der Waals surface area contributed by atoms with Crippen LogP contribution >= 0.6 is 0 Å². The number of hydrogen-bond acceptors (Lipinski definition) is 5. The molecule has 176 valence electrons. The van der Waals surface area contributed by atoms with E-state index in [2.05, 4.69) is 33.0 Å². The van der Waals surface area contributed by atoms with Crippen LogP contribution in [0, 0.1) is 5.92 Å². The number of carbonyl (C=O) groups excluding carboxylic acids is 2. The quantitative estimate of drug-likeness (QED) is 0.409. The van der Waals surface area contributed by atoms with E-state index in [1.54, 1.807) is 12.1 Å². The molecule has 1 aromatic heterocycles. The first-order valence-electron chi connectivity index (χ1n) is 11.6. The van der Waals surface area contributed by atoms with Gasteiger partial charge in [0.25, 0.3) is 11.8 Å². The smallest absolute Gasteiger partial charge is 0.278 e. The molecule has 3 aromatic rings. The number of amides is 2. The lowest BCUT2D eigenvalue weighted by Gasteiger charge is -2.14. The number of nitrogens with one attached hydrogen (secondary N) is 1. The van der Waals surface area contributed by atoms with Gasteiger partial charge >= 0.3 is 0 Å². The monoisotopic (exact) mass is 458 g/mol. The summed E-state index contributed by atoms with van der Waals surface area (Å²) in [4.78, 5) is 28.0. The Labute approximate surface area is 200 Å². The zero-order valence-corrected chi connectivity index (χ0v) is 20.0. The number of nitrogens with zero attached hydrogens (tertiary/aromatic N) is 1. The molecule has 34 heavy (non-hydrogen) atoms. The molecule has 6 nitrogen and oxygen atoms in total. The van der Waals surface area contributed by atoms with E-state index in [9.17, 15) is 9.59 Å². The molecule has 0 radical (unpaired) electrons. The van der Waals surface area contributed by atoms with Crippen LogP contribution in [0.3, 0.4) is 0 Å². The molecule has 0 unspecified atom stereocenters. The normalized spacial score (nSPS) is 14.0. The third kappa shape index (κ3) is 5.06. The summed E-state index contributed by atoms with van der Waals surface area (Å²) in [6.45, 7) is 9.10. The maximum atomic E-state index is 13.4. The Morgan fingerprint density at radius 1 is 0.912 bits per heavy atom. The summed E-state index contributed by atoms with van der Waals surface area (Å²) < 4.78 is 11.2. The molecule has 2 heterocycles. The van der Waals surface area contributed by atoms with Gasteiger partial charge < -0.3 is 14.5 Å². The van der Waals surface area contributed by atoms with Gasteiger partial charge in [-0.1, -0.05) is 52.0 Å². The number of rotatable bonds is 9.